The van der Waals surface area contributed by atoms with Gasteiger partial charge in [-0.2, -0.15) is 0 Å². The quantitative estimate of drug-likeness (QED) is 0.141. The largest absolute Gasteiger partial charge is 0.456 e. The third kappa shape index (κ3) is 10.8. The van der Waals surface area contributed by atoms with Gasteiger partial charge in [0.25, 0.3) is 0 Å². The van der Waals surface area contributed by atoms with Crippen LogP contribution in [0.25, 0.3) is 23.1 Å². The molecule has 0 radical (unpaired) electrons. The Hall–Kier alpha value is -5.35. The van der Waals surface area contributed by atoms with Crippen molar-refractivity contribution in [1.29, 1.82) is 0 Å². The van der Waals surface area contributed by atoms with Gasteiger partial charge in [-0.3, -0.25) is 4.79 Å². The molecular formula is C46H58N2O2. The van der Waals surface area contributed by atoms with Crippen LogP contribution in [-0.4, -0.2) is 0 Å². The summed E-state index contributed by atoms with van der Waals surface area (Å²) in [6, 6.07) is 25.9. The van der Waals surface area contributed by atoms with Crippen LogP contribution in [-0.2, 0) is 0 Å². The average molecular weight is 671 g/mol. The topological polar surface area (TPSA) is 36.7 Å². The van der Waals surface area contributed by atoms with Gasteiger partial charge in [-0.1, -0.05) is 141 Å². The monoisotopic (exact) mass is 670 g/mol. The van der Waals surface area contributed by atoms with Gasteiger partial charge in [-0.05, 0) is 75.7 Å². The second-order valence-corrected chi connectivity index (χ2v) is 10.0. The van der Waals surface area contributed by atoms with E-state index >= 15 is 0 Å². The van der Waals surface area contributed by atoms with Crippen molar-refractivity contribution in [2.24, 2.45) is 0 Å². The maximum atomic E-state index is 14.3. The Balaban J connectivity index is 0.00000197. The molecular weight excluding hydrogens is 613 g/mol. The van der Waals surface area contributed by atoms with E-state index in [0.717, 1.165) is 40.6 Å². The molecule has 0 fully saturated rings. The zero-order chi connectivity index (χ0) is 37.5. The molecule has 0 unspecified atom stereocenters. The third-order valence-electron chi connectivity index (χ3n) is 7.16. The summed E-state index contributed by atoms with van der Waals surface area (Å²) in [5.41, 5.74) is 6.19. The van der Waals surface area contributed by atoms with Crippen LogP contribution in [0.1, 0.15) is 87.0 Å². The van der Waals surface area contributed by atoms with Gasteiger partial charge < -0.3 is 14.2 Å². The molecule has 0 saturated heterocycles. The number of hydrogen-bond acceptors (Lipinski definition) is 4. The fourth-order valence-electron chi connectivity index (χ4n) is 5.14. The van der Waals surface area contributed by atoms with Crippen LogP contribution in [0.15, 0.2) is 161 Å². The number of rotatable bonds is 12. The molecule has 4 aromatic rings. The summed E-state index contributed by atoms with van der Waals surface area (Å²) in [5.74, 6) is 0.444. The number of nitrogens with zero attached hydrogens (tertiary/aromatic N) is 2. The zero-order valence-electron chi connectivity index (χ0n) is 32.0. The van der Waals surface area contributed by atoms with E-state index in [1.54, 1.807) is 12.2 Å². The summed E-state index contributed by atoms with van der Waals surface area (Å²) in [5, 5.41) is 0.494. The first-order valence-electron chi connectivity index (χ1n) is 17.9. The average Bonchev–Trinajstić information content (AvgIpc) is 3.18. The van der Waals surface area contributed by atoms with Gasteiger partial charge in [0.05, 0.1) is 16.6 Å². The molecule has 50 heavy (non-hydrogen) atoms. The Morgan fingerprint density at radius 1 is 0.760 bits per heavy atom. The second-order valence-electron chi connectivity index (χ2n) is 10.0. The molecule has 0 saturated carbocycles. The van der Waals surface area contributed by atoms with E-state index in [1.807, 2.05) is 172 Å². The van der Waals surface area contributed by atoms with E-state index in [2.05, 4.69) is 42.0 Å². The Kier molecular flexibility index (Phi) is 20.4. The summed E-state index contributed by atoms with van der Waals surface area (Å²) < 4.78 is 6.55. The molecule has 0 aliphatic rings. The van der Waals surface area contributed by atoms with Crippen molar-refractivity contribution >= 4 is 40.2 Å². The molecule has 3 aromatic carbocycles. The Labute approximate surface area is 302 Å². The summed E-state index contributed by atoms with van der Waals surface area (Å²) in [4.78, 5) is 18.6. The van der Waals surface area contributed by atoms with Crippen molar-refractivity contribution in [1.82, 2.24) is 0 Å². The number of anilines is 3. The van der Waals surface area contributed by atoms with E-state index in [9.17, 15) is 4.79 Å². The van der Waals surface area contributed by atoms with Crippen LogP contribution in [0, 0.1) is 0 Å². The summed E-state index contributed by atoms with van der Waals surface area (Å²) >= 11 is 0. The number of benzene rings is 3. The van der Waals surface area contributed by atoms with Gasteiger partial charge in [0.15, 0.2) is 0 Å². The molecule has 0 atom stereocenters. The first kappa shape index (κ1) is 42.7. The molecule has 264 valence electrons. The highest BCUT2D eigenvalue weighted by molar-refractivity contribution is 5.96. The maximum absolute atomic E-state index is 14.3. The Morgan fingerprint density at radius 3 is 1.86 bits per heavy atom. The van der Waals surface area contributed by atoms with Crippen LogP contribution in [0.5, 0.6) is 0 Å². The van der Waals surface area contributed by atoms with Crippen molar-refractivity contribution in [3.05, 3.63) is 173 Å². The van der Waals surface area contributed by atoms with Crippen molar-refractivity contribution in [2.75, 3.05) is 9.80 Å². The van der Waals surface area contributed by atoms with E-state index in [1.165, 1.54) is 0 Å². The van der Waals surface area contributed by atoms with Gasteiger partial charge in [-0.15, -0.1) is 0 Å². The van der Waals surface area contributed by atoms with E-state index < -0.39 is 0 Å². The highest BCUT2D eigenvalue weighted by Gasteiger charge is 2.21. The maximum Gasteiger partial charge on any atom is 0.202 e. The summed E-state index contributed by atoms with van der Waals surface area (Å²) in [6.07, 6.45) is 18.3. The third-order valence-corrected chi connectivity index (χ3v) is 7.16. The normalized spacial score (nSPS) is 11.5. The lowest BCUT2D eigenvalue weighted by atomic mass is 10.1. The number of allylic oxidation sites excluding steroid dienone is 8. The standard InChI is InChI=1S/C40H40N2O2.3C2H6/c1-7-12-21-31(9-3)41(33-23-16-14-17-24-33)30(6)29-38-35(11-5)40(43)39-36(27-20-28-37(39)44-38)42(32(10-4)22-13-8-2)34-25-18-15-19-26-34;3*1-2/h7,9-29H,1,5,8H2,2-4,6H3;3*1-2H3/b21-12-,22-13-,30-29+,31-9+,32-10+;;;. The van der Waals surface area contributed by atoms with Crippen LogP contribution >= 0.6 is 0 Å². The minimum absolute atomic E-state index is 0.143. The van der Waals surface area contributed by atoms with Crippen molar-refractivity contribution in [3.63, 3.8) is 0 Å². The van der Waals surface area contributed by atoms with Crippen LogP contribution in [0.4, 0.5) is 17.1 Å². The van der Waals surface area contributed by atoms with Crippen molar-refractivity contribution < 1.29 is 4.42 Å². The molecule has 0 aliphatic heterocycles. The second kappa shape index (κ2) is 23.9. The van der Waals surface area contributed by atoms with E-state index in [4.69, 9.17) is 4.42 Å². The van der Waals surface area contributed by atoms with Gasteiger partial charge in [0, 0.05) is 34.5 Å². The molecule has 0 spiro atoms. The van der Waals surface area contributed by atoms with Gasteiger partial charge >= 0.3 is 0 Å². The smallest absolute Gasteiger partial charge is 0.202 e. The highest BCUT2D eigenvalue weighted by atomic mass is 16.3. The van der Waals surface area contributed by atoms with Crippen LogP contribution < -0.4 is 15.2 Å². The predicted molar refractivity (Wildman–Crippen MR) is 224 cm³/mol. The van der Waals surface area contributed by atoms with Crippen LogP contribution in [0.2, 0.25) is 0 Å². The van der Waals surface area contributed by atoms with Crippen molar-refractivity contribution in [3.8, 4) is 0 Å². The molecule has 1 heterocycles. The minimum atomic E-state index is -0.143. The molecule has 1 aromatic heterocycles. The Morgan fingerprint density at radius 2 is 1.34 bits per heavy atom. The lowest BCUT2D eigenvalue weighted by Crippen LogP contribution is -2.20. The van der Waals surface area contributed by atoms with Gasteiger partial charge in [0.1, 0.15) is 11.3 Å². The first-order chi connectivity index (χ1) is 24.5. The predicted octanol–water partition coefficient (Wildman–Crippen LogP) is 14.0. The minimum Gasteiger partial charge on any atom is -0.456 e. The lowest BCUT2D eigenvalue weighted by molar-refractivity contribution is 0.588. The fourth-order valence-corrected chi connectivity index (χ4v) is 5.14. The lowest BCUT2D eigenvalue weighted by Gasteiger charge is -2.28. The molecule has 4 nitrogen and oxygen atoms in total. The Bertz CT molecular complexity index is 1820. The number of fused-ring (bicyclic) bond motifs is 1. The molecule has 0 N–H and O–H groups in total. The summed E-state index contributed by atoms with van der Waals surface area (Å²) in [7, 11) is 0. The van der Waals surface area contributed by atoms with Crippen molar-refractivity contribution in [2.45, 2.75) is 75.7 Å². The molecule has 4 heteroatoms. The molecule has 4 rings (SSSR count). The molecule has 0 bridgehead atoms. The fraction of sp³-hybridized carbons (Fsp3) is 0.239. The highest BCUT2D eigenvalue weighted by Crippen LogP contribution is 2.36. The van der Waals surface area contributed by atoms with E-state index in [0.29, 0.717) is 22.3 Å². The molecule has 0 amide bonds. The van der Waals surface area contributed by atoms with Crippen LogP contribution in [0.3, 0.4) is 0 Å². The number of hydrogen-bond donors (Lipinski definition) is 0. The van der Waals surface area contributed by atoms with Gasteiger partial charge in [0.2, 0.25) is 5.43 Å². The number of para-hydroxylation sites is 2. The van der Waals surface area contributed by atoms with E-state index in [-0.39, 0.29) is 5.43 Å². The van der Waals surface area contributed by atoms with Gasteiger partial charge in [-0.25, -0.2) is 0 Å². The first-order valence-corrected chi connectivity index (χ1v) is 17.9. The zero-order valence-corrected chi connectivity index (χ0v) is 32.0. The molecule has 0 aliphatic carbocycles. The summed E-state index contributed by atoms with van der Waals surface area (Å²) in [6.45, 7) is 27.9. The SMILES string of the molecule is C=C/C=C\C(=C/C)N(/C(C)=C/c1oc2cccc(N(C(/C=C\CC)=C/C)c3ccccc3)c2c(=O)c1C=C)c1ccccc1.CC.CC.CC.